The van der Waals surface area contributed by atoms with E-state index in [1.165, 1.54) is 6.07 Å². The van der Waals surface area contributed by atoms with Crippen LogP contribution in [0.2, 0.25) is 0 Å². The minimum absolute atomic E-state index is 0.0610. The SMILES string of the molecule is Oc1ccc(CCl)nc1OC(F)(F)F. The molecule has 0 bridgehead atoms. The maximum atomic E-state index is 11.8. The Balaban J connectivity index is 2.95. The van der Waals surface area contributed by atoms with E-state index in [2.05, 4.69) is 9.72 Å². The Hall–Kier alpha value is -1.17. The fourth-order valence-electron chi connectivity index (χ4n) is 0.731. The van der Waals surface area contributed by atoms with Crippen molar-refractivity contribution in [2.45, 2.75) is 12.2 Å². The molecule has 0 fully saturated rings. The summed E-state index contributed by atoms with van der Waals surface area (Å²) in [5.41, 5.74) is 0.184. The minimum atomic E-state index is -4.88. The lowest BCUT2D eigenvalue weighted by molar-refractivity contribution is -0.276. The van der Waals surface area contributed by atoms with Gasteiger partial charge in [-0.25, -0.2) is 4.98 Å². The van der Waals surface area contributed by atoms with E-state index in [0.29, 0.717) is 0 Å². The monoisotopic (exact) mass is 227 g/mol. The Morgan fingerprint density at radius 1 is 1.43 bits per heavy atom. The number of halogens is 4. The van der Waals surface area contributed by atoms with Gasteiger partial charge >= 0.3 is 6.36 Å². The van der Waals surface area contributed by atoms with E-state index in [9.17, 15) is 13.2 Å². The number of rotatable bonds is 2. The van der Waals surface area contributed by atoms with Gasteiger partial charge in [0.15, 0.2) is 5.75 Å². The summed E-state index contributed by atoms with van der Waals surface area (Å²) in [4.78, 5) is 3.35. The fraction of sp³-hybridized carbons (Fsp3) is 0.286. The van der Waals surface area contributed by atoms with Crippen molar-refractivity contribution < 1.29 is 23.0 Å². The van der Waals surface area contributed by atoms with E-state index in [0.717, 1.165) is 6.07 Å². The molecule has 1 heterocycles. The molecule has 0 radical (unpaired) electrons. The zero-order valence-electron chi connectivity index (χ0n) is 6.68. The Morgan fingerprint density at radius 3 is 2.57 bits per heavy atom. The van der Waals surface area contributed by atoms with Gasteiger partial charge in [-0.2, -0.15) is 0 Å². The van der Waals surface area contributed by atoms with Crippen LogP contribution in [-0.2, 0) is 5.88 Å². The lowest BCUT2D eigenvalue weighted by Crippen LogP contribution is -2.18. The van der Waals surface area contributed by atoms with Crippen molar-refractivity contribution in [2.24, 2.45) is 0 Å². The maximum Gasteiger partial charge on any atom is 0.574 e. The highest BCUT2D eigenvalue weighted by Crippen LogP contribution is 2.29. The quantitative estimate of drug-likeness (QED) is 0.789. The smallest absolute Gasteiger partial charge is 0.503 e. The fourth-order valence-corrected chi connectivity index (χ4v) is 0.879. The second-order valence-corrected chi connectivity index (χ2v) is 2.58. The van der Waals surface area contributed by atoms with Gasteiger partial charge in [0, 0.05) is 0 Å². The molecule has 0 aliphatic carbocycles. The molecule has 0 aromatic carbocycles. The highest BCUT2D eigenvalue weighted by atomic mass is 35.5. The third-order valence-electron chi connectivity index (χ3n) is 1.25. The molecule has 0 amide bonds. The van der Waals surface area contributed by atoms with Gasteiger partial charge in [0.1, 0.15) is 0 Å². The van der Waals surface area contributed by atoms with Gasteiger partial charge in [-0.15, -0.1) is 24.8 Å². The number of pyridine rings is 1. The van der Waals surface area contributed by atoms with Crippen LogP contribution >= 0.6 is 11.6 Å². The van der Waals surface area contributed by atoms with Gasteiger partial charge in [0.05, 0.1) is 11.6 Å². The Morgan fingerprint density at radius 2 is 2.07 bits per heavy atom. The maximum absolute atomic E-state index is 11.8. The summed E-state index contributed by atoms with van der Waals surface area (Å²) in [6.45, 7) is 0. The molecule has 0 saturated carbocycles. The third-order valence-corrected chi connectivity index (χ3v) is 1.52. The van der Waals surface area contributed by atoms with Gasteiger partial charge < -0.3 is 9.84 Å². The van der Waals surface area contributed by atoms with Gasteiger partial charge in [0.25, 0.3) is 5.88 Å². The van der Waals surface area contributed by atoms with Crippen LogP contribution in [0.5, 0.6) is 11.6 Å². The summed E-state index contributed by atoms with van der Waals surface area (Å²) in [6, 6.07) is 2.33. The molecule has 0 aliphatic heterocycles. The summed E-state index contributed by atoms with van der Waals surface area (Å²) >= 11 is 5.34. The largest absolute Gasteiger partial charge is 0.574 e. The van der Waals surface area contributed by atoms with Crippen LogP contribution in [0, 0.1) is 0 Å². The van der Waals surface area contributed by atoms with Crippen molar-refractivity contribution in [3.8, 4) is 11.6 Å². The molecule has 7 heteroatoms. The van der Waals surface area contributed by atoms with Crippen molar-refractivity contribution in [3.05, 3.63) is 17.8 Å². The average molecular weight is 228 g/mol. The molecule has 0 unspecified atom stereocenters. The van der Waals surface area contributed by atoms with Gasteiger partial charge in [-0.3, -0.25) is 0 Å². The Bertz CT molecular complexity index is 329. The average Bonchev–Trinajstić information content (AvgIpc) is 2.06. The zero-order valence-corrected chi connectivity index (χ0v) is 7.43. The lowest BCUT2D eigenvalue weighted by atomic mass is 10.3. The molecule has 1 aromatic rings. The number of hydrogen-bond acceptors (Lipinski definition) is 3. The van der Waals surface area contributed by atoms with Crippen LogP contribution in [0.4, 0.5) is 13.2 Å². The number of alkyl halides is 4. The zero-order chi connectivity index (χ0) is 10.8. The molecule has 14 heavy (non-hydrogen) atoms. The second-order valence-electron chi connectivity index (χ2n) is 2.31. The number of ether oxygens (including phenoxy) is 1. The lowest BCUT2D eigenvalue weighted by Gasteiger charge is -2.09. The summed E-state index contributed by atoms with van der Waals surface area (Å²) in [5, 5.41) is 8.96. The number of nitrogens with zero attached hydrogens (tertiary/aromatic N) is 1. The first-order valence-corrected chi connectivity index (χ1v) is 3.96. The van der Waals surface area contributed by atoms with Crippen LogP contribution in [0.25, 0.3) is 0 Å². The summed E-state index contributed by atoms with van der Waals surface area (Å²) < 4.78 is 38.7. The first-order valence-electron chi connectivity index (χ1n) is 3.43. The highest BCUT2D eigenvalue weighted by Gasteiger charge is 2.33. The molecule has 0 saturated heterocycles. The first-order chi connectivity index (χ1) is 6.42. The highest BCUT2D eigenvalue weighted by molar-refractivity contribution is 6.16. The van der Waals surface area contributed by atoms with E-state index in [1.807, 2.05) is 0 Å². The molecule has 78 valence electrons. The molecule has 1 aromatic heterocycles. The van der Waals surface area contributed by atoms with E-state index in [4.69, 9.17) is 16.7 Å². The molecule has 1 N–H and O–H groups in total. The first kappa shape index (κ1) is 10.9. The normalized spacial score (nSPS) is 11.4. The van der Waals surface area contributed by atoms with E-state index >= 15 is 0 Å². The summed E-state index contributed by atoms with van der Waals surface area (Å²) in [6.07, 6.45) is -4.88. The molecule has 0 atom stereocenters. The molecule has 3 nitrogen and oxygen atoms in total. The van der Waals surface area contributed by atoms with Crippen LogP contribution < -0.4 is 4.74 Å². The molecule has 0 aliphatic rings. The van der Waals surface area contributed by atoms with Gasteiger partial charge in [-0.1, -0.05) is 0 Å². The van der Waals surface area contributed by atoms with E-state index < -0.39 is 18.0 Å². The molecular formula is C7H5ClF3NO2. The number of aromatic hydroxyl groups is 1. The van der Waals surface area contributed by atoms with Crippen molar-refractivity contribution in [1.82, 2.24) is 4.98 Å². The van der Waals surface area contributed by atoms with Crippen LogP contribution in [0.15, 0.2) is 12.1 Å². The summed E-state index contributed by atoms with van der Waals surface area (Å²) in [7, 11) is 0. The third kappa shape index (κ3) is 2.95. The topological polar surface area (TPSA) is 42.4 Å². The van der Waals surface area contributed by atoms with E-state index in [1.54, 1.807) is 0 Å². The van der Waals surface area contributed by atoms with Crippen molar-refractivity contribution in [2.75, 3.05) is 0 Å². The summed E-state index contributed by atoms with van der Waals surface area (Å²) in [5.74, 6) is -1.64. The van der Waals surface area contributed by atoms with Crippen LogP contribution in [0.1, 0.15) is 5.69 Å². The predicted octanol–water partition coefficient (Wildman–Crippen LogP) is 2.42. The predicted molar refractivity (Wildman–Crippen MR) is 42.1 cm³/mol. The molecule has 1 rings (SSSR count). The Kier molecular flexibility index (Phi) is 3.05. The Labute approximate surface area is 82.1 Å². The van der Waals surface area contributed by atoms with Gasteiger partial charge in [0.2, 0.25) is 0 Å². The molecule has 0 spiro atoms. The van der Waals surface area contributed by atoms with Crippen molar-refractivity contribution in [1.29, 1.82) is 0 Å². The van der Waals surface area contributed by atoms with Crippen molar-refractivity contribution in [3.63, 3.8) is 0 Å². The number of aromatic nitrogens is 1. The van der Waals surface area contributed by atoms with Gasteiger partial charge in [-0.05, 0) is 12.1 Å². The minimum Gasteiger partial charge on any atom is -0.503 e. The van der Waals surface area contributed by atoms with Crippen LogP contribution in [-0.4, -0.2) is 16.5 Å². The number of hydrogen-bond donors (Lipinski definition) is 1. The second kappa shape index (κ2) is 3.91. The van der Waals surface area contributed by atoms with E-state index in [-0.39, 0.29) is 11.6 Å². The standard InChI is InChI=1S/C7H5ClF3NO2/c8-3-4-1-2-5(13)6(12-4)14-7(9,10)11/h1-2,13H,3H2. The van der Waals surface area contributed by atoms with Crippen LogP contribution in [0.3, 0.4) is 0 Å². The van der Waals surface area contributed by atoms with Crippen molar-refractivity contribution >= 4 is 11.6 Å². The molecular weight excluding hydrogens is 223 g/mol.